The van der Waals surface area contributed by atoms with Crippen LogP contribution in [0.1, 0.15) is 15.2 Å². The molecule has 0 unspecified atom stereocenters. The van der Waals surface area contributed by atoms with Gasteiger partial charge >= 0.3 is 5.97 Å². The second kappa shape index (κ2) is 8.13. The standard InChI is InChI=1S/C18H20N2O4S/c1-13-6-11-25-17(13)18(22)24-12-16(21)19-14-2-4-15(5-3-14)20-7-9-23-10-8-20/h2-6,11H,7-10,12H2,1H3,(H,19,21). The summed E-state index contributed by atoms with van der Waals surface area (Å²) in [7, 11) is 0. The fraction of sp³-hybridized carbons (Fsp3) is 0.333. The Morgan fingerprint density at radius 1 is 1.20 bits per heavy atom. The topological polar surface area (TPSA) is 67.9 Å². The van der Waals surface area contributed by atoms with E-state index in [0.717, 1.165) is 37.6 Å². The molecular formula is C18H20N2O4S. The van der Waals surface area contributed by atoms with Crippen molar-refractivity contribution in [3.8, 4) is 0 Å². The smallest absolute Gasteiger partial charge is 0.349 e. The molecule has 6 nitrogen and oxygen atoms in total. The fourth-order valence-corrected chi connectivity index (χ4v) is 3.37. The predicted molar refractivity (Wildman–Crippen MR) is 97.4 cm³/mol. The minimum atomic E-state index is -0.467. The summed E-state index contributed by atoms with van der Waals surface area (Å²) in [6, 6.07) is 9.45. The molecule has 0 saturated carbocycles. The number of carbonyl (C=O) groups excluding carboxylic acids is 2. The van der Waals surface area contributed by atoms with Crippen LogP contribution in [0.5, 0.6) is 0 Å². The first kappa shape index (κ1) is 17.4. The number of thiophene rings is 1. The average Bonchev–Trinajstić information content (AvgIpc) is 3.07. The molecule has 0 bridgehead atoms. The SMILES string of the molecule is Cc1ccsc1C(=O)OCC(=O)Nc1ccc(N2CCOCC2)cc1. The highest BCUT2D eigenvalue weighted by molar-refractivity contribution is 7.12. The molecule has 1 aliphatic heterocycles. The maximum Gasteiger partial charge on any atom is 0.349 e. The second-order valence-corrected chi connectivity index (χ2v) is 6.62. The first-order valence-electron chi connectivity index (χ1n) is 8.07. The van der Waals surface area contributed by atoms with Crippen LogP contribution in [0.4, 0.5) is 11.4 Å². The maximum absolute atomic E-state index is 11.9. The molecule has 2 aromatic rings. The molecule has 25 heavy (non-hydrogen) atoms. The van der Waals surface area contributed by atoms with Crippen LogP contribution in [0, 0.1) is 6.92 Å². The van der Waals surface area contributed by atoms with E-state index >= 15 is 0 Å². The van der Waals surface area contributed by atoms with Crippen molar-refractivity contribution in [2.75, 3.05) is 43.1 Å². The number of anilines is 2. The van der Waals surface area contributed by atoms with E-state index in [1.54, 1.807) is 0 Å². The van der Waals surface area contributed by atoms with Gasteiger partial charge in [0, 0.05) is 24.5 Å². The molecule has 7 heteroatoms. The van der Waals surface area contributed by atoms with Gasteiger partial charge in [0.05, 0.1) is 13.2 Å². The van der Waals surface area contributed by atoms with E-state index in [1.807, 2.05) is 42.6 Å². The zero-order valence-corrected chi connectivity index (χ0v) is 14.8. The molecule has 1 N–H and O–H groups in total. The number of benzene rings is 1. The van der Waals surface area contributed by atoms with Crippen LogP contribution in [-0.4, -0.2) is 44.8 Å². The lowest BCUT2D eigenvalue weighted by Crippen LogP contribution is -2.36. The summed E-state index contributed by atoms with van der Waals surface area (Å²) in [5.41, 5.74) is 2.63. The van der Waals surface area contributed by atoms with Gasteiger partial charge in [-0.2, -0.15) is 0 Å². The van der Waals surface area contributed by atoms with Gasteiger partial charge in [-0.1, -0.05) is 0 Å². The van der Waals surface area contributed by atoms with E-state index < -0.39 is 5.97 Å². The molecule has 0 spiro atoms. The highest BCUT2D eigenvalue weighted by Crippen LogP contribution is 2.19. The normalized spacial score (nSPS) is 14.2. The van der Waals surface area contributed by atoms with Gasteiger partial charge in [0.15, 0.2) is 6.61 Å². The van der Waals surface area contributed by atoms with Crippen molar-refractivity contribution in [3.63, 3.8) is 0 Å². The number of rotatable bonds is 5. The summed E-state index contributed by atoms with van der Waals surface area (Å²) < 4.78 is 10.4. The number of nitrogens with zero attached hydrogens (tertiary/aromatic N) is 1. The first-order chi connectivity index (χ1) is 12.1. The van der Waals surface area contributed by atoms with Gasteiger partial charge in [-0.25, -0.2) is 4.79 Å². The van der Waals surface area contributed by atoms with Crippen LogP contribution >= 0.6 is 11.3 Å². The molecule has 1 fully saturated rings. The zero-order valence-electron chi connectivity index (χ0n) is 14.0. The van der Waals surface area contributed by atoms with E-state index in [-0.39, 0.29) is 12.5 Å². The third-order valence-corrected chi connectivity index (χ3v) is 4.91. The van der Waals surface area contributed by atoms with Crippen molar-refractivity contribution in [1.29, 1.82) is 0 Å². The number of carbonyl (C=O) groups is 2. The van der Waals surface area contributed by atoms with Crippen LogP contribution in [0.25, 0.3) is 0 Å². The summed E-state index contributed by atoms with van der Waals surface area (Å²) >= 11 is 1.31. The molecule has 0 atom stereocenters. The third kappa shape index (κ3) is 4.58. The second-order valence-electron chi connectivity index (χ2n) is 5.70. The molecule has 132 valence electrons. The van der Waals surface area contributed by atoms with Gasteiger partial charge in [0.25, 0.3) is 5.91 Å². The zero-order chi connectivity index (χ0) is 17.6. The average molecular weight is 360 g/mol. The summed E-state index contributed by atoms with van der Waals surface area (Å²) in [6.07, 6.45) is 0. The number of morpholine rings is 1. The largest absolute Gasteiger partial charge is 0.451 e. The van der Waals surface area contributed by atoms with Crippen molar-refractivity contribution in [3.05, 3.63) is 46.2 Å². The Hall–Kier alpha value is -2.38. The third-order valence-electron chi connectivity index (χ3n) is 3.91. The monoisotopic (exact) mass is 360 g/mol. The van der Waals surface area contributed by atoms with Gasteiger partial charge in [0.1, 0.15) is 4.88 Å². The minimum Gasteiger partial charge on any atom is -0.451 e. The van der Waals surface area contributed by atoms with Gasteiger partial charge < -0.3 is 19.7 Å². The van der Waals surface area contributed by atoms with E-state index in [2.05, 4.69) is 10.2 Å². The van der Waals surface area contributed by atoms with Gasteiger partial charge in [0.2, 0.25) is 0 Å². The Morgan fingerprint density at radius 3 is 2.56 bits per heavy atom. The molecule has 2 heterocycles. The minimum absolute atomic E-state index is 0.304. The highest BCUT2D eigenvalue weighted by Gasteiger charge is 2.14. The maximum atomic E-state index is 11.9. The summed E-state index contributed by atoms with van der Waals surface area (Å²) in [4.78, 5) is 26.6. The quantitative estimate of drug-likeness (QED) is 0.831. The number of hydrogen-bond acceptors (Lipinski definition) is 6. The Morgan fingerprint density at radius 2 is 1.92 bits per heavy atom. The lowest BCUT2D eigenvalue weighted by Gasteiger charge is -2.28. The molecule has 1 aliphatic rings. The summed E-state index contributed by atoms with van der Waals surface area (Å²) in [6.45, 7) is 4.72. The van der Waals surface area contributed by atoms with Crippen molar-refractivity contribution >= 4 is 34.6 Å². The van der Waals surface area contributed by atoms with E-state index in [1.165, 1.54) is 11.3 Å². The summed E-state index contributed by atoms with van der Waals surface area (Å²) in [5, 5.41) is 4.55. The lowest BCUT2D eigenvalue weighted by atomic mass is 10.2. The Labute approximate surface area is 150 Å². The molecule has 0 aliphatic carbocycles. The summed E-state index contributed by atoms with van der Waals surface area (Å²) in [5.74, 6) is -0.827. The number of ether oxygens (including phenoxy) is 2. The molecule has 3 rings (SSSR count). The van der Waals surface area contributed by atoms with Crippen LogP contribution in [0.3, 0.4) is 0 Å². The number of amides is 1. The molecular weight excluding hydrogens is 340 g/mol. The van der Waals surface area contributed by atoms with E-state index in [4.69, 9.17) is 9.47 Å². The number of aryl methyl sites for hydroxylation is 1. The molecule has 1 aromatic heterocycles. The fourth-order valence-electron chi connectivity index (χ4n) is 2.55. The number of esters is 1. The van der Waals surface area contributed by atoms with Crippen LogP contribution in [0.15, 0.2) is 35.7 Å². The van der Waals surface area contributed by atoms with Crippen LogP contribution in [-0.2, 0) is 14.3 Å². The molecule has 1 saturated heterocycles. The van der Waals surface area contributed by atoms with Crippen LogP contribution in [0.2, 0.25) is 0 Å². The Kier molecular flexibility index (Phi) is 5.67. The first-order valence-corrected chi connectivity index (χ1v) is 8.95. The van der Waals surface area contributed by atoms with E-state index in [9.17, 15) is 9.59 Å². The molecule has 1 aromatic carbocycles. The number of hydrogen-bond donors (Lipinski definition) is 1. The Bertz CT molecular complexity index is 736. The predicted octanol–water partition coefficient (Wildman–Crippen LogP) is 2.69. The van der Waals surface area contributed by atoms with Crippen LogP contribution < -0.4 is 10.2 Å². The van der Waals surface area contributed by atoms with E-state index in [0.29, 0.717) is 10.6 Å². The van der Waals surface area contributed by atoms with Crippen molar-refractivity contribution in [1.82, 2.24) is 0 Å². The van der Waals surface area contributed by atoms with Gasteiger partial charge in [-0.3, -0.25) is 4.79 Å². The van der Waals surface area contributed by atoms with Crippen molar-refractivity contribution in [2.45, 2.75) is 6.92 Å². The Balaban J connectivity index is 1.49. The van der Waals surface area contributed by atoms with Gasteiger partial charge in [-0.05, 0) is 48.2 Å². The highest BCUT2D eigenvalue weighted by atomic mass is 32.1. The molecule has 1 amide bonds. The number of nitrogens with one attached hydrogen (secondary N) is 1. The molecule has 0 radical (unpaired) electrons. The van der Waals surface area contributed by atoms with Gasteiger partial charge in [-0.15, -0.1) is 11.3 Å². The van der Waals surface area contributed by atoms with Crippen molar-refractivity contribution in [2.24, 2.45) is 0 Å². The lowest BCUT2D eigenvalue weighted by molar-refractivity contribution is -0.119. The van der Waals surface area contributed by atoms with Crippen molar-refractivity contribution < 1.29 is 19.1 Å².